The standard InChI is InChI=1S/C13H12ClN3OS/c14-10-5-1-8(2-6-10)7-11(18)15-13-17-16-12(19-13)9-3-4-9/h1-2,5-6,9H,3-4,7H2,(H,15,17,18). The minimum Gasteiger partial charge on any atom is -0.300 e. The highest BCUT2D eigenvalue weighted by Crippen LogP contribution is 2.42. The predicted octanol–water partition coefficient (Wildman–Crippen LogP) is 3.25. The van der Waals surface area contributed by atoms with Crippen LogP contribution >= 0.6 is 22.9 Å². The van der Waals surface area contributed by atoms with E-state index in [0.29, 0.717) is 22.5 Å². The monoisotopic (exact) mass is 293 g/mol. The molecule has 1 saturated carbocycles. The lowest BCUT2D eigenvalue weighted by Gasteiger charge is -2.01. The molecule has 98 valence electrons. The summed E-state index contributed by atoms with van der Waals surface area (Å²) in [4.78, 5) is 11.9. The zero-order valence-electron chi connectivity index (χ0n) is 10.1. The second-order valence-corrected chi connectivity index (χ2v) is 6.02. The first-order valence-electron chi connectivity index (χ1n) is 6.08. The number of rotatable bonds is 4. The minimum atomic E-state index is -0.0826. The molecule has 1 amide bonds. The molecule has 1 aliphatic carbocycles. The molecule has 0 bridgehead atoms. The lowest BCUT2D eigenvalue weighted by atomic mass is 10.1. The summed E-state index contributed by atoms with van der Waals surface area (Å²) in [6.07, 6.45) is 2.69. The van der Waals surface area contributed by atoms with Crippen LogP contribution in [-0.4, -0.2) is 16.1 Å². The normalized spacial score (nSPS) is 14.4. The SMILES string of the molecule is O=C(Cc1ccc(Cl)cc1)Nc1nnc(C2CC2)s1. The molecule has 6 heteroatoms. The lowest BCUT2D eigenvalue weighted by Crippen LogP contribution is -2.14. The van der Waals surface area contributed by atoms with Crippen molar-refractivity contribution in [2.24, 2.45) is 0 Å². The van der Waals surface area contributed by atoms with Crippen LogP contribution in [0.25, 0.3) is 0 Å². The molecule has 19 heavy (non-hydrogen) atoms. The van der Waals surface area contributed by atoms with Crippen LogP contribution in [0.5, 0.6) is 0 Å². The highest BCUT2D eigenvalue weighted by Gasteiger charge is 2.27. The van der Waals surface area contributed by atoms with Gasteiger partial charge < -0.3 is 5.32 Å². The molecule has 1 N–H and O–H groups in total. The van der Waals surface area contributed by atoms with Crippen molar-refractivity contribution < 1.29 is 4.79 Å². The van der Waals surface area contributed by atoms with Gasteiger partial charge in [0.25, 0.3) is 0 Å². The van der Waals surface area contributed by atoms with Gasteiger partial charge in [0.1, 0.15) is 5.01 Å². The van der Waals surface area contributed by atoms with Crippen molar-refractivity contribution in [1.29, 1.82) is 0 Å². The zero-order valence-corrected chi connectivity index (χ0v) is 11.7. The van der Waals surface area contributed by atoms with E-state index in [0.717, 1.165) is 10.6 Å². The van der Waals surface area contributed by atoms with Gasteiger partial charge in [-0.3, -0.25) is 4.79 Å². The summed E-state index contributed by atoms with van der Waals surface area (Å²) in [5.41, 5.74) is 0.925. The Labute approximate surface area is 119 Å². The third-order valence-electron chi connectivity index (χ3n) is 2.89. The number of hydrogen-bond donors (Lipinski definition) is 1. The summed E-state index contributed by atoms with van der Waals surface area (Å²) in [6.45, 7) is 0. The van der Waals surface area contributed by atoms with E-state index >= 15 is 0 Å². The number of amides is 1. The summed E-state index contributed by atoms with van der Waals surface area (Å²) in [5, 5.41) is 13.1. The zero-order chi connectivity index (χ0) is 13.2. The third-order valence-corrected chi connectivity index (χ3v) is 4.14. The van der Waals surface area contributed by atoms with Crippen molar-refractivity contribution in [3.8, 4) is 0 Å². The van der Waals surface area contributed by atoms with Crippen molar-refractivity contribution in [2.45, 2.75) is 25.2 Å². The second kappa shape index (κ2) is 5.27. The minimum absolute atomic E-state index is 0.0826. The summed E-state index contributed by atoms with van der Waals surface area (Å²) in [6, 6.07) is 7.25. The van der Waals surface area contributed by atoms with E-state index in [4.69, 9.17) is 11.6 Å². The number of halogens is 1. The molecule has 0 atom stereocenters. The highest BCUT2D eigenvalue weighted by atomic mass is 35.5. The van der Waals surface area contributed by atoms with E-state index in [1.807, 2.05) is 12.1 Å². The van der Waals surface area contributed by atoms with Gasteiger partial charge in [0, 0.05) is 10.9 Å². The van der Waals surface area contributed by atoms with Gasteiger partial charge in [-0.2, -0.15) is 0 Å². The fraction of sp³-hybridized carbons (Fsp3) is 0.308. The van der Waals surface area contributed by atoms with Crippen LogP contribution in [0, 0.1) is 0 Å². The molecule has 0 unspecified atom stereocenters. The molecule has 0 radical (unpaired) electrons. The fourth-order valence-corrected chi connectivity index (χ4v) is 2.79. The third kappa shape index (κ3) is 3.30. The molecular formula is C13H12ClN3OS. The Morgan fingerprint density at radius 3 is 2.74 bits per heavy atom. The number of nitrogens with one attached hydrogen (secondary N) is 1. The van der Waals surface area contributed by atoms with Crippen molar-refractivity contribution in [1.82, 2.24) is 10.2 Å². The largest absolute Gasteiger partial charge is 0.300 e. The van der Waals surface area contributed by atoms with E-state index in [-0.39, 0.29) is 5.91 Å². The van der Waals surface area contributed by atoms with Crippen LogP contribution in [0.15, 0.2) is 24.3 Å². The predicted molar refractivity (Wildman–Crippen MR) is 75.7 cm³/mol. The van der Waals surface area contributed by atoms with Gasteiger partial charge in [0.05, 0.1) is 6.42 Å². The smallest absolute Gasteiger partial charge is 0.230 e. The molecule has 1 fully saturated rings. The summed E-state index contributed by atoms with van der Waals surface area (Å²) in [7, 11) is 0. The Morgan fingerprint density at radius 2 is 2.05 bits per heavy atom. The van der Waals surface area contributed by atoms with Gasteiger partial charge in [0.15, 0.2) is 0 Å². The average Bonchev–Trinajstić information content (AvgIpc) is 3.14. The van der Waals surface area contributed by atoms with Crippen LogP contribution in [0.2, 0.25) is 5.02 Å². The van der Waals surface area contributed by atoms with E-state index in [1.165, 1.54) is 24.2 Å². The summed E-state index contributed by atoms with van der Waals surface area (Å²) >= 11 is 7.27. The number of carbonyl (C=O) groups excluding carboxylic acids is 1. The van der Waals surface area contributed by atoms with Gasteiger partial charge in [-0.25, -0.2) is 0 Å². The first kappa shape index (κ1) is 12.6. The number of nitrogens with zero attached hydrogens (tertiary/aromatic N) is 2. The van der Waals surface area contributed by atoms with E-state index in [2.05, 4.69) is 15.5 Å². The Hall–Kier alpha value is -1.46. The number of hydrogen-bond acceptors (Lipinski definition) is 4. The van der Waals surface area contributed by atoms with Crippen LogP contribution in [0.3, 0.4) is 0 Å². The molecule has 0 saturated heterocycles. The highest BCUT2D eigenvalue weighted by molar-refractivity contribution is 7.15. The quantitative estimate of drug-likeness (QED) is 0.941. The van der Waals surface area contributed by atoms with Crippen LogP contribution in [-0.2, 0) is 11.2 Å². The van der Waals surface area contributed by atoms with E-state index < -0.39 is 0 Å². The Kier molecular flexibility index (Phi) is 3.48. The molecular weight excluding hydrogens is 282 g/mol. The molecule has 1 aromatic carbocycles. The number of anilines is 1. The van der Waals surface area contributed by atoms with Gasteiger partial charge in [0.2, 0.25) is 11.0 Å². The molecule has 1 aromatic heterocycles. The van der Waals surface area contributed by atoms with Crippen LogP contribution in [0.4, 0.5) is 5.13 Å². The fourth-order valence-electron chi connectivity index (χ4n) is 1.73. The van der Waals surface area contributed by atoms with Crippen LogP contribution < -0.4 is 5.32 Å². The van der Waals surface area contributed by atoms with E-state index in [1.54, 1.807) is 12.1 Å². The second-order valence-electron chi connectivity index (χ2n) is 4.57. The Bertz CT molecular complexity index is 592. The van der Waals surface area contributed by atoms with Crippen molar-refractivity contribution in [3.63, 3.8) is 0 Å². The van der Waals surface area contributed by atoms with Crippen LogP contribution in [0.1, 0.15) is 29.3 Å². The maximum Gasteiger partial charge on any atom is 0.230 e. The van der Waals surface area contributed by atoms with Gasteiger partial charge in [-0.15, -0.1) is 10.2 Å². The molecule has 1 aliphatic rings. The van der Waals surface area contributed by atoms with Crippen molar-refractivity contribution in [3.05, 3.63) is 39.9 Å². The lowest BCUT2D eigenvalue weighted by molar-refractivity contribution is -0.115. The Morgan fingerprint density at radius 1 is 1.32 bits per heavy atom. The maximum atomic E-state index is 11.9. The molecule has 0 spiro atoms. The molecule has 3 rings (SSSR count). The molecule has 1 heterocycles. The number of aromatic nitrogens is 2. The van der Waals surface area contributed by atoms with Gasteiger partial charge in [-0.1, -0.05) is 35.1 Å². The van der Waals surface area contributed by atoms with Crippen molar-refractivity contribution >= 4 is 34.0 Å². The number of carbonyl (C=O) groups is 1. The average molecular weight is 294 g/mol. The van der Waals surface area contributed by atoms with E-state index in [9.17, 15) is 4.79 Å². The number of benzene rings is 1. The molecule has 4 nitrogen and oxygen atoms in total. The van der Waals surface area contributed by atoms with Crippen molar-refractivity contribution in [2.75, 3.05) is 5.32 Å². The molecule has 2 aromatic rings. The maximum absolute atomic E-state index is 11.9. The summed E-state index contributed by atoms with van der Waals surface area (Å²) < 4.78 is 0. The first-order chi connectivity index (χ1) is 9.20. The topological polar surface area (TPSA) is 54.9 Å². The summed E-state index contributed by atoms with van der Waals surface area (Å²) in [5.74, 6) is 0.486. The van der Waals surface area contributed by atoms with Gasteiger partial charge in [-0.05, 0) is 30.5 Å². The van der Waals surface area contributed by atoms with Gasteiger partial charge >= 0.3 is 0 Å². The first-order valence-corrected chi connectivity index (χ1v) is 7.28. The Balaban J connectivity index is 1.59. The molecule has 0 aliphatic heterocycles.